The summed E-state index contributed by atoms with van der Waals surface area (Å²) in [5.74, 6) is 1.31. The van der Waals surface area contributed by atoms with Crippen molar-refractivity contribution in [2.24, 2.45) is 4.99 Å². The smallest absolute Gasteiger partial charge is 0.269 e. The predicted octanol–water partition coefficient (Wildman–Crippen LogP) is 6.81. The van der Waals surface area contributed by atoms with Gasteiger partial charge in [0.1, 0.15) is 11.5 Å². The van der Waals surface area contributed by atoms with E-state index in [1.807, 2.05) is 24.3 Å². The lowest BCUT2D eigenvalue weighted by Gasteiger charge is -2.06. The number of halogens is 1. The van der Waals surface area contributed by atoms with Gasteiger partial charge in [-0.15, -0.1) is 0 Å². The van der Waals surface area contributed by atoms with Gasteiger partial charge in [-0.3, -0.25) is 10.1 Å². The maximum absolute atomic E-state index is 11.0. The number of hydrogen-bond donors (Lipinski definition) is 0. The van der Waals surface area contributed by atoms with Crippen LogP contribution in [0.2, 0.25) is 5.02 Å². The van der Waals surface area contributed by atoms with Gasteiger partial charge in [0.2, 0.25) is 5.13 Å². The molecule has 0 saturated carbocycles. The number of aliphatic imine (C=N–C) groups is 1. The molecule has 1 heterocycles. The Morgan fingerprint density at radius 2 is 1.70 bits per heavy atom. The summed E-state index contributed by atoms with van der Waals surface area (Å²) in [6, 6.07) is 19.2. The maximum Gasteiger partial charge on any atom is 0.269 e. The molecule has 166 valence electrons. The molecule has 7 nitrogen and oxygen atoms in total. The average Bonchev–Trinajstić information content (AvgIpc) is 3.27. The van der Waals surface area contributed by atoms with Crippen LogP contribution in [0.4, 0.5) is 10.8 Å². The number of rotatable bonds is 7. The van der Waals surface area contributed by atoms with Crippen molar-refractivity contribution in [2.75, 3.05) is 14.2 Å². The molecule has 0 aliphatic heterocycles. The zero-order chi connectivity index (χ0) is 23.4. The first-order valence-corrected chi connectivity index (χ1v) is 11.0. The molecule has 0 amide bonds. The van der Waals surface area contributed by atoms with Crippen molar-refractivity contribution in [3.63, 3.8) is 0 Å². The van der Waals surface area contributed by atoms with Crippen LogP contribution in [-0.2, 0) is 0 Å². The SMILES string of the molecule is COc1ccc(C=Nc2nc(-c3ccc(Cl)cc3)c(-c3ccc([N+](=O)[O-])cc3)s2)c(OC)c1. The van der Waals surface area contributed by atoms with Crippen LogP contribution in [0.3, 0.4) is 0 Å². The molecule has 0 aliphatic rings. The number of benzene rings is 3. The fourth-order valence-corrected chi connectivity index (χ4v) is 4.21. The number of ether oxygens (including phenoxy) is 2. The summed E-state index contributed by atoms with van der Waals surface area (Å²) >= 11 is 7.44. The van der Waals surface area contributed by atoms with E-state index >= 15 is 0 Å². The number of hydrogen-bond acceptors (Lipinski definition) is 7. The van der Waals surface area contributed by atoms with Gasteiger partial charge in [-0.1, -0.05) is 35.1 Å². The first-order chi connectivity index (χ1) is 16.0. The van der Waals surface area contributed by atoms with Gasteiger partial charge >= 0.3 is 0 Å². The lowest BCUT2D eigenvalue weighted by molar-refractivity contribution is -0.384. The van der Waals surface area contributed by atoms with E-state index in [2.05, 4.69) is 4.99 Å². The predicted molar refractivity (Wildman–Crippen MR) is 131 cm³/mol. The lowest BCUT2D eigenvalue weighted by Crippen LogP contribution is -1.92. The van der Waals surface area contributed by atoms with Gasteiger partial charge in [0, 0.05) is 40.6 Å². The van der Waals surface area contributed by atoms with Gasteiger partial charge in [-0.25, -0.2) is 9.98 Å². The van der Waals surface area contributed by atoms with Gasteiger partial charge in [0.25, 0.3) is 5.69 Å². The number of non-ortho nitro benzene ring substituents is 1. The minimum Gasteiger partial charge on any atom is -0.497 e. The highest BCUT2D eigenvalue weighted by atomic mass is 35.5. The molecule has 0 fully saturated rings. The first-order valence-electron chi connectivity index (χ1n) is 9.76. The van der Waals surface area contributed by atoms with Crippen molar-refractivity contribution in [3.05, 3.63) is 87.4 Å². The Balaban J connectivity index is 1.75. The van der Waals surface area contributed by atoms with Crippen molar-refractivity contribution in [1.82, 2.24) is 4.98 Å². The number of nitro groups is 1. The van der Waals surface area contributed by atoms with Crippen LogP contribution in [0.5, 0.6) is 11.5 Å². The molecule has 9 heteroatoms. The van der Waals surface area contributed by atoms with E-state index in [0.29, 0.717) is 21.7 Å². The third-order valence-corrected chi connectivity index (χ3v) is 6.09. The summed E-state index contributed by atoms with van der Waals surface area (Å²) in [5, 5.41) is 12.2. The number of methoxy groups -OCH3 is 2. The van der Waals surface area contributed by atoms with E-state index in [1.165, 1.54) is 23.5 Å². The molecule has 0 N–H and O–H groups in total. The second-order valence-corrected chi connectivity index (χ2v) is 8.27. The third kappa shape index (κ3) is 5.02. The van der Waals surface area contributed by atoms with Gasteiger partial charge in [0.05, 0.1) is 29.7 Å². The van der Waals surface area contributed by atoms with E-state index in [0.717, 1.165) is 27.3 Å². The number of nitro benzene ring substituents is 1. The molecule has 4 aromatic rings. The summed E-state index contributed by atoms with van der Waals surface area (Å²) in [5.41, 5.74) is 3.21. The van der Waals surface area contributed by atoms with Gasteiger partial charge < -0.3 is 9.47 Å². The van der Waals surface area contributed by atoms with Crippen LogP contribution in [-0.4, -0.2) is 30.3 Å². The number of nitrogens with zero attached hydrogens (tertiary/aromatic N) is 3. The van der Waals surface area contributed by atoms with Crippen molar-refractivity contribution in [2.45, 2.75) is 0 Å². The fraction of sp³-hybridized carbons (Fsp3) is 0.0833. The summed E-state index contributed by atoms with van der Waals surface area (Å²) in [7, 11) is 3.18. The van der Waals surface area contributed by atoms with Crippen molar-refractivity contribution < 1.29 is 14.4 Å². The second-order valence-electron chi connectivity index (χ2n) is 6.85. The van der Waals surface area contributed by atoms with Crippen LogP contribution in [0.15, 0.2) is 71.7 Å². The largest absolute Gasteiger partial charge is 0.497 e. The highest BCUT2D eigenvalue weighted by molar-refractivity contribution is 7.19. The van der Waals surface area contributed by atoms with Gasteiger partial charge in [-0.05, 0) is 42.0 Å². The summed E-state index contributed by atoms with van der Waals surface area (Å²) in [6.07, 6.45) is 1.68. The van der Waals surface area contributed by atoms with E-state index in [4.69, 9.17) is 26.1 Å². The van der Waals surface area contributed by atoms with E-state index in [9.17, 15) is 10.1 Å². The number of thiazole rings is 1. The molecule has 0 atom stereocenters. The summed E-state index contributed by atoms with van der Waals surface area (Å²) < 4.78 is 10.7. The highest BCUT2D eigenvalue weighted by Crippen LogP contribution is 2.41. The standard InChI is InChI=1S/C24H18ClN3O4S/c1-31-20-12-7-17(21(13-20)32-2)14-26-24-27-22(15-3-8-18(25)9-4-15)23(33-24)16-5-10-19(11-6-16)28(29)30/h3-14H,1-2H3. The Morgan fingerprint density at radius 3 is 2.33 bits per heavy atom. The van der Waals surface area contributed by atoms with Crippen LogP contribution in [0, 0.1) is 10.1 Å². The van der Waals surface area contributed by atoms with Crippen LogP contribution < -0.4 is 9.47 Å². The summed E-state index contributed by atoms with van der Waals surface area (Å²) in [4.78, 5) is 20.7. The van der Waals surface area contributed by atoms with Crippen molar-refractivity contribution >= 4 is 40.0 Å². The van der Waals surface area contributed by atoms with E-state index < -0.39 is 4.92 Å². The topological polar surface area (TPSA) is 86.9 Å². The third-order valence-electron chi connectivity index (χ3n) is 4.83. The van der Waals surface area contributed by atoms with Crippen LogP contribution >= 0.6 is 22.9 Å². The van der Waals surface area contributed by atoms with Gasteiger partial charge in [-0.2, -0.15) is 0 Å². The quantitative estimate of drug-likeness (QED) is 0.165. The van der Waals surface area contributed by atoms with Gasteiger partial charge in [0.15, 0.2) is 0 Å². The van der Waals surface area contributed by atoms with Crippen molar-refractivity contribution in [1.29, 1.82) is 0 Å². The molecule has 0 radical (unpaired) electrons. The molecule has 33 heavy (non-hydrogen) atoms. The normalized spacial score (nSPS) is 11.0. The highest BCUT2D eigenvalue weighted by Gasteiger charge is 2.16. The molecule has 0 spiro atoms. The molecule has 0 saturated heterocycles. The fourth-order valence-electron chi connectivity index (χ4n) is 3.15. The Bertz CT molecular complexity index is 1320. The molecule has 4 rings (SSSR count). The molecule has 3 aromatic carbocycles. The summed E-state index contributed by atoms with van der Waals surface area (Å²) in [6.45, 7) is 0. The molecular weight excluding hydrogens is 462 g/mol. The minimum atomic E-state index is -0.422. The zero-order valence-electron chi connectivity index (χ0n) is 17.7. The molecule has 0 unspecified atom stereocenters. The molecular formula is C24H18ClN3O4S. The maximum atomic E-state index is 11.0. The van der Waals surface area contributed by atoms with E-state index in [1.54, 1.807) is 50.8 Å². The zero-order valence-corrected chi connectivity index (χ0v) is 19.3. The number of aromatic nitrogens is 1. The molecule has 0 bridgehead atoms. The Morgan fingerprint density at radius 1 is 1.00 bits per heavy atom. The molecule has 0 aliphatic carbocycles. The van der Waals surface area contributed by atoms with Crippen molar-refractivity contribution in [3.8, 4) is 33.2 Å². The van der Waals surface area contributed by atoms with Crippen LogP contribution in [0.25, 0.3) is 21.7 Å². The minimum absolute atomic E-state index is 0.0288. The molecule has 1 aromatic heterocycles. The first kappa shape index (κ1) is 22.4. The van der Waals surface area contributed by atoms with E-state index in [-0.39, 0.29) is 5.69 Å². The Kier molecular flexibility index (Phi) is 6.67. The average molecular weight is 480 g/mol. The Labute approximate surface area is 199 Å². The lowest BCUT2D eigenvalue weighted by atomic mass is 10.1. The second kappa shape index (κ2) is 9.81. The van der Waals surface area contributed by atoms with Crippen LogP contribution in [0.1, 0.15) is 5.56 Å². The Hall–Kier alpha value is -3.75. The monoisotopic (exact) mass is 479 g/mol.